The summed E-state index contributed by atoms with van der Waals surface area (Å²) in [5, 5.41) is 0. The lowest BCUT2D eigenvalue weighted by Crippen LogP contribution is -2.25. The van der Waals surface area contributed by atoms with Crippen LogP contribution in [0.2, 0.25) is 0 Å². The van der Waals surface area contributed by atoms with E-state index in [0.29, 0.717) is 6.42 Å². The van der Waals surface area contributed by atoms with Gasteiger partial charge in [0.2, 0.25) is 0 Å². The number of aryl methyl sites for hydroxylation is 1. The fourth-order valence-corrected chi connectivity index (χ4v) is 3.24. The van der Waals surface area contributed by atoms with Crippen molar-refractivity contribution >= 4 is 11.9 Å². The molecule has 154 valence electrons. The Morgan fingerprint density at radius 3 is 2.45 bits per heavy atom. The number of carbonyl (C=O) groups excluding carboxylic acids is 2. The molecule has 3 rings (SSSR count). The minimum absolute atomic E-state index is 0.0688. The minimum atomic E-state index is -0.466. The van der Waals surface area contributed by atoms with Gasteiger partial charge < -0.3 is 9.47 Å². The molecule has 1 saturated carbocycles. The molecule has 1 aliphatic carbocycles. The average molecular weight is 398 g/mol. The second-order valence-corrected chi connectivity index (χ2v) is 8.51. The smallest absolute Gasteiger partial charge is 0.310 e. The summed E-state index contributed by atoms with van der Waals surface area (Å²) in [6.45, 7) is 5.81. The molecular weight excluding hydrogens is 371 g/mol. The van der Waals surface area contributed by atoms with Crippen molar-refractivity contribution in [3.05, 3.63) is 71.0 Å². The molecule has 0 radical (unpaired) electrons. The largest absolute Gasteiger partial charge is 0.461 e. The summed E-state index contributed by atoms with van der Waals surface area (Å²) in [5.74, 6) is -0.627. The maximum absolute atomic E-state index is 13.2. The Morgan fingerprint density at radius 2 is 1.79 bits per heavy atom. The minimum Gasteiger partial charge on any atom is -0.461 e. The maximum Gasteiger partial charge on any atom is 0.310 e. The van der Waals surface area contributed by atoms with E-state index in [4.69, 9.17) is 9.47 Å². The van der Waals surface area contributed by atoms with Crippen LogP contribution in [0.4, 0.5) is 4.39 Å². The van der Waals surface area contributed by atoms with Crippen LogP contribution in [0.15, 0.2) is 48.5 Å². The number of esters is 2. The zero-order chi connectivity index (χ0) is 21.0. The fraction of sp³-hybridized carbons (Fsp3) is 0.417. The van der Waals surface area contributed by atoms with Crippen LogP contribution < -0.4 is 0 Å². The molecule has 0 aliphatic heterocycles. The van der Waals surface area contributed by atoms with E-state index in [1.165, 1.54) is 12.1 Å². The van der Waals surface area contributed by atoms with Gasteiger partial charge in [-0.2, -0.15) is 0 Å². The lowest BCUT2D eigenvalue weighted by Gasteiger charge is -2.19. The van der Waals surface area contributed by atoms with Crippen molar-refractivity contribution in [2.45, 2.75) is 58.2 Å². The zero-order valence-corrected chi connectivity index (χ0v) is 17.1. The molecule has 0 spiro atoms. The van der Waals surface area contributed by atoms with Gasteiger partial charge in [0, 0.05) is 6.42 Å². The van der Waals surface area contributed by atoms with Crippen LogP contribution in [0, 0.1) is 11.7 Å². The average Bonchev–Trinajstić information content (AvgIpc) is 3.45. The number of halogens is 1. The number of hydrogen-bond acceptors (Lipinski definition) is 4. The van der Waals surface area contributed by atoms with Gasteiger partial charge in [-0.15, -0.1) is 0 Å². The summed E-state index contributed by atoms with van der Waals surface area (Å²) in [7, 11) is 0. The van der Waals surface area contributed by atoms with Gasteiger partial charge in [-0.05, 0) is 68.4 Å². The predicted molar refractivity (Wildman–Crippen MR) is 108 cm³/mol. The molecule has 0 unspecified atom stereocenters. The number of benzene rings is 2. The molecule has 2 aromatic carbocycles. The maximum atomic E-state index is 13.2. The highest BCUT2D eigenvalue weighted by Crippen LogP contribution is 2.48. The standard InChI is InChI=1S/C24H27FO4/c1-24(2,3)29-23(27)21-14-20(21)18-10-7-17(8-11-18)15-28-22(26)12-9-16-5-4-6-19(25)13-16/h4-8,10-11,13,20-21H,9,12,14-15H2,1-3H3/t20-,21+/m0/s1. The summed E-state index contributed by atoms with van der Waals surface area (Å²) >= 11 is 0. The Hall–Kier alpha value is -2.69. The van der Waals surface area contributed by atoms with Gasteiger partial charge in [0.15, 0.2) is 0 Å². The van der Waals surface area contributed by atoms with E-state index in [2.05, 4.69) is 0 Å². The molecule has 1 aliphatic rings. The van der Waals surface area contributed by atoms with Gasteiger partial charge in [0.1, 0.15) is 18.0 Å². The van der Waals surface area contributed by atoms with Crippen LogP contribution in [-0.2, 0) is 32.1 Å². The first-order valence-corrected chi connectivity index (χ1v) is 9.93. The third-order valence-electron chi connectivity index (χ3n) is 4.81. The van der Waals surface area contributed by atoms with Gasteiger partial charge in [-0.3, -0.25) is 9.59 Å². The molecule has 0 aromatic heterocycles. The predicted octanol–water partition coefficient (Wildman–Crippen LogP) is 4.95. The normalized spacial score (nSPS) is 18.2. The Morgan fingerprint density at radius 1 is 1.07 bits per heavy atom. The first kappa shape index (κ1) is 21.0. The number of carbonyl (C=O) groups is 2. The van der Waals surface area contributed by atoms with Crippen LogP contribution in [0.3, 0.4) is 0 Å². The van der Waals surface area contributed by atoms with Gasteiger partial charge in [-0.1, -0.05) is 36.4 Å². The Balaban J connectivity index is 1.43. The first-order chi connectivity index (χ1) is 13.7. The molecule has 0 N–H and O–H groups in total. The molecule has 0 saturated heterocycles. The molecule has 5 heteroatoms. The van der Waals surface area contributed by atoms with E-state index in [0.717, 1.165) is 23.1 Å². The molecule has 2 aromatic rings. The van der Waals surface area contributed by atoms with Crippen molar-refractivity contribution in [2.24, 2.45) is 5.92 Å². The molecule has 1 fully saturated rings. The summed E-state index contributed by atoms with van der Waals surface area (Å²) in [4.78, 5) is 24.1. The van der Waals surface area contributed by atoms with Gasteiger partial charge in [0.25, 0.3) is 0 Å². The first-order valence-electron chi connectivity index (χ1n) is 9.93. The summed E-state index contributed by atoms with van der Waals surface area (Å²) in [6, 6.07) is 14.0. The van der Waals surface area contributed by atoms with Crippen LogP contribution in [0.1, 0.15) is 56.2 Å². The highest BCUT2D eigenvalue weighted by Gasteiger charge is 2.46. The highest BCUT2D eigenvalue weighted by molar-refractivity contribution is 5.77. The zero-order valence-electron chi connectivity index (χ0n) is 17.1. The Labute approximate surface area is 171 Å². The lowest BCUT2D eigenvalue weighted by molar-refractivity contribution is -0.156. The van der Waals surface area contributed by atoms with Crippen LogP contribution in [0.25, 0.3) is 0 Å². The highest BCUT2D eigenvalue weighted by atomic mass is 19.1. The van der Waals surface area contributed by atoms with Gasteiger partial charge >= 0.3 is 11.9 Å². The van der Waals surface area contributed by atoms with Crippen molar-refractivity contribution in [1.82, 2.24) is 0 Å². The molecule has 0 heterocycles. The second kappa shape index (κ2) is 8.76. The van der Waals surface area contributed by atoms with E-state index in [-0.39, 0.29) is 42.6 Å². The summed E-state index contributed by atoms with van der Waals surface area (Å²) in [6.07, 6.45) is 1.47. The molecule has 0 bridgehead atoms. The summed E-state index contributed by atoms with van der Waals surface area (Å²) in [5.41, 5.74) is 2.30. The van der Waals surface area contributed by atoms with Crippen molar-refractivity contribution < 1.29 is 23.5 Å². The van der Waals surface area contributed by atoms with E-state index in [1.54, 1.807) is 12.1 Å². The number of ether oxygens (including phenoxy) is 2. The Bertz CT molecular complexity index is 867. The van der Waals surface area contributed by atoms with E-state index in [1.807, 2.05) is 45.0 Å². The SMILES string of the molecule is CC(C)(C)OC(=O)[C@@H]1C[C@H]1c1ccc(COC(=O)CCc2cccc(F)c2)cc1. The third-order valence-corrected chi connectivity index (χ3v) is 4.81. The topological polar surface area (TPSA) is 52.6 Å². The van der Waals surface area contributed by atoms with Crippen molar-refractivity contribution in [3.8, 4) is 0 Å². The van der Waals surface area contributed by atoms with Gasteiger partial charge in [0.05, 0.1) is 5.92 Å². The molecule has 2 atom stereocenters. The fourth-order valence-electron chi connectivity index (χ4n) is 3.24. The monoisotopic (exact) mass is 398 g/mol. The lowest BCUT2D eigenvalue weighted by atomic mass is 10.1. The van der Waals surface area contributed by atoms with Gasteiger partial charge in [-0.25, -0.2) is 4.39 Å². The molecular formula is C24H27FO4. The molecule has 4 nitrogen and oxygen atoms in total. The van der Waals surface area contributed by atoms with E-state index in [9.17, 15) is 14.0 Å². The Kier molecular flexibility index (Phi) is 6.36. The number of rotatable bonds is 7. The number of hydrogen-bond donors (Lipinski definition) is 0. The molecule has 29 heavy (non-hydrogen) atoms. The third kappa shape index (κ3) is 6.41. The summed E-state index contributed by atoms with van der Waals surface area (Å²) < 4.78 is 23.9. The van der Waals surface area contributed by atoms with Crippen molar-refractivity contribution in [2.75, 3.05) is 0 Å². The molecule has 0 amide bonds. The van der Waals surface area contributed by atoms with Crippen molar-refractivity contribution in [1.29, 1.82) is 0 Å². The van der Waals surface area contributed by atoms with Crippen LogP contribution in [-0.4, -0.2) is 17.5 Å². The van der Waals surface area contributed by atoms with E-state index < -0.39 is 5.60 Å². The second-order valence-electron chi connectivity index (χ2n) is 8.51. The quantitative estimate of drug-likeness (QED) is 0.620. The van der Waals surface area contributed by atoms with Crippen LogP contribution in [0.5, 0.6) is 0 Å². The van der Waals surface area contributed by atoms with Crippen molar-refractivity contribution in [3.63, 3.8) is 0 Å². The van der Waals surface area contributed by atoms with Crippen LogP contribution >= 0.6 is 0 Å². The van der Waals surface area contributed by atoms with E-state index >= 15 is 0 Å².